The summed E-state index contributed by atoms with van der Waals surface area (Å²) in [5.41, 5.74) is 5.87. The van der Waals surface area contributed by atoms with Crippen LogP contribution in [0.4, 0.5) is 5.69 Å². The molecule has 2 aromatic rings. The third-order valence-electron chi connectivity index (χ3n) is 6.04. The predicted molar refractivity (Wildman–Crippen MR) is 115 cm³/mol. The van der Waals surface area contributed by atoms with Gasteiger partial charge in [0.25, 0.3) is 0 Å². The number of aryl methyl sites for hydroxylation is 5. The third kappa shape index (κ3) is 3.71. The van der Waals surface area contributed by atoms with Crippen LogP contribution in [-0.4, -0.2) is 31.2 Å². The zero-order valence-electron chi connectivity index (χ0n) is 17.3. The van der Waals surface area contributed by atoms with Crippen molar-refractivity contribution in [3.05, 3.63) is 58.1 Å². The summed E-state index contributed by atoms with van der Waals surface area (Å²) in [4.78, 5) is 13.3. The summed E-state index contributed by atoms with van der Waals surface area (Å²) in [6.45, 7) is 5.97. The lowest BCUT2D eigenvalue weighted by molar-refractivity contribution is -0.119. The summed E-state index contributed by atoms with van der Waals surface area (Å²) < 4.78 is 28.3. The lowest BCUT2D eigenvalue weighted by atomic mass is 10.1. The fourth-order valence-electron chi connectivity index (χ4n) is 4.86. The van der Waals surface area contributed by atoms with Gasteiger partial charge in [-0.3, -0.25) is 4.79 Å². The van der Waals surface area contributed by atoms with Crippen LogP contribution in [0.5, 0.6) is 0 Å². The molecule has 1 saturated heterocycles. The average Bonchev–Trinajstić information content (AvgIpc) is 3.29. The summed E-state index contributed by atoms with van der Waals surface area (Å²) in [6.07, 6.45) is 4.50. The van der Waals surface area contributed by atoms with Crippen molar-refractivity contribution in [2.75, 3.05) is 11.9 Å². The van der Waals surface area contributed by atoms with E-state index in [1.165, 1.54) is 15.4 Å². The van der Waals surface area contributed by atoms with E-state index in [2.05, 4.69) is 11.4 Å². The second-order valence-electron chi connectivity index (χ2n) is 8.33. The van der Waals surface area contributed by atoms with Crippen LogP contribution in [0.3, 0.4) is 0 Å². The van der Waals surface area contributed by atoms with Gasteiger partial charge in [-0.15, -0.1) is 0 Å². The number of carbonyl (C=O) groups excluding carboxylic acids is 1. The summed E-state index contributed by atoms with van der Waals surface area (Å²) >= 11 is 0. The highest BCUT2D eigenvalue weighted by Gasteiger charge is 2.40. The maximum atomic E-state index is 13.5. The molecule has 1 N–H and O–H groups in total. The largest absolute Gasteiger partial charge is 0.325 e. The Bertz CT molecular complexity index is 1050. The zero-order valence-corrected chi connectivity index (χ0v) is 18.1. The quantitative estimate of drug-likeness (QED) is 0.828. The van der Waals surface area contributed by atoms with Crippen LogP contribution in [0.2, 0.25) is 0 Å². The normalized spacial score (nSPS) is 19.3. The fourth-order valence-corrected chi connectivity index (χ4v) is 6.93. The number of sulfonamides is 1. The molecule has 2 aromatic carbocycles. The van der Waals surface area contributed by atoms with E-state index < -0.39 is 16.1 Å². The highest BCUT2D eigenvalue weighted by molar-refractivity contribution is 7.89. The maximum absolute atomic E-state index is 13.5. The van der Waals surface area contributed by atoms with Gasteiger partial charge in [-0.05, 0) is 87.3 Å². The highest BCUT2D eigenvalue weighted by Crippen LogP contribution is 2.31. The van der Waals surface area contributed by atoms with Crippen LogP contribution in [0.1, 0.15) is 47.1 Å². The van der Waals surface area contributed by atoms with Gasteiger partial charge >= 0.3 is 0 Å². The Hall–Kier alpha value is -2.18. The van der Waals surface area contributed by atoms with E-state index in [9.17, 15) is 13.2 Å². The van der Waals surface area contributed by atoms with Crippen molar-refractivity contribution >= 4 is 21.6 Å². The van der Waals surface area contributed by atoms with Gasteiger partial charge in [-0.25, -0.2) is 8.42 Å². The number of nitrogens with one attached hydrogen (secondary N) is 1. The van der Waals surface area contributed by atoms with E-state index in [0.717, 1.165) is 41.6 Å². The fraction of sp³-hybridized carbons (Fsp3) is 0.435. The molecule has 6 heteroatoms. The minimum atomic E-state index is -3.74. The topological polar surface area (TPSA) is 66.5 Å². The van der Waals surface area contributed by atoms with Gasteiger partial charge in [-0.1, -0.05) is 23.8 Å². The van der Waals surface area contributed by atoms with Crippen LogP contribution in [0, 0.1) is 20.8 Å². The Morgan fingerprint density at radius 2 is 1.69 bits per heavy atom. The second-order valence-corrected chi connectivity index (χ2v) is 10.2. The Morgan fingerprint density at radius 1 is 1.00 bits per heavy atom. The zero-order chi connectivity index (χ0) is 20.8. The van der Waals surface area contributed by atoms with Crippen LogP contribution < -0.4 is 5.32 Å². The molecule has 0 bridgehead atoms. The Labute approximate surface area is 173 Å². The molecule has 154 valence electrons. The number of benzene rings is 2. The first-order chi connectivity index (χ1) is 13.8. The summed E-state index contributed by atoms with van der Waals surface area (Å²) in [6, 6.07) is 9.12. The monoisotopic (exact) mass is 412 g/mol. The summed E-state index contributed by atoms with van der Waals surface area (Å²) in [5, 5.41) is 2.96. The number of hydrogen-bond donors (Lipinski definition) is 1. The van der Waals surface area contributed by atoms with E-state index >= 15 is 0 Å². The Kier molecular flexibility index (Phi) is 5.25. The van der Waals surface area contributed by atoms with Crippen molar-refractivity contribution in [1.29, 1.82) is 0 Å². The summed E-state index contributed by atoms with van der Waals surface area (Å²) in [5.74, 6) is -0.244. The number of carbonyl (C=O) groups is 1. The van der Waals surface area contributed by atoms with E-state index in [0.29, 0.717) is 24.3 Å². The molecule has 4 rings (SSSR count). The number of hydrogen-bond acceptors (Lipinski definition) is 3. The van der Waals surface area contributed by atoms with Gasteiger partial charge in [0.2, 0.25) is 15.9 Å². The van der Waals surface area contributed by atoms with Gasteiger partial charge in [0.1, 0.15) is 6.04 Å². The van der Waals surface area contributed by atoms with Crippen LogP contribution in [0.15, 0.2) is 35.2 Å². The number of amides is 1. The van der Waals surface area contributed by atoms with Crippen molar-refractivity contribution in [3.63, 3.8) is 0 Å². The number of nitrogens with zero attached hydrogens (tertiary/aromatic N) is 1. The molecule has 1 heterocycles. The third-order valence-corrected chi connectivity index (χ3v) is 8.26. The molecule has 1 fully saturated rings. The molecule has 0 saturated carbocycles. The molecular weight excluding hydrogens is 384 g/mol. The molecule has 0 aromatic heterocycles. The first-order valence-electron chi connectivity index (χ1n) is 10.3. The molecule has 5 nitrogen and oxygen atoms in total. The maximum Gasteiger partial charge on any atom is 0.244 e. The van der Waals surface area contributed by atoms with Crippen molar-refractivity contribution in [1.82, 2.24) is 4.31 Å². The van der Waals surface area contributed by atoms with E-state index in [1.807, 2.05) is 45.0 Å². The molecule has 1 amide bonds. The molecule has 1 unspecified atom stereocenters. The molecule has 1 aliphatic carbocycles. The van der Waals surface area contributed by atoms with Crippen molar-refractivity contribution in [3.8, 4) is 0 Å². The minimum absolute atomic E-state index is 0.244. The van der Waals surface area contributed by atoms with E-state index in [1.54, 1.807) is 0 Å². The Morgan fingerprint density at radius 3 is 2.41 bits per heavy atom. The molecule has 0 radical (unpaired) electrons. The molecule has 1 atom stereocenters. The molecule has 1 aliphatic heterocycles. The van der Waals surface area contributed by atoms with Gasteiger partial charge < -0.3 is 5.32 Å². The predicted octanol–water partition coefficient (Wildman–Crippen LogP) is 3.89. The van der Waals surface area contributed by atoms with Crippen molar-refractivity contribution in [2.24, 2.45) is 0 Å². The first-order valence-corrected chi connectivity index (χ1v) is 11.7. The lowest BCUT2D eigenvalue weighted by Gasteiger charge is -2.25. The SMILES string of the molecule is Cc1cc(C)c(S(=O)(=O)N2CCCC2C(=O)Nc2ccc3c(c2)CCC3)c(C)c1. The average molecular weight is 413 g/mol. The van der Waals surface area contributed by atoms with E-state index in [4.69, 9.17) is 0 Å². The van der Waals surface area contributed by atoms with Crippen molar-refractivity contribution < 1.29 is 13.2 Å². The van der Waals surface area contributed by atoms with Crippen molar-refractivity contribution in [2.45, 2.75) is 63.8 Å². The van der Waals surface area contributed by atoms with Crippen LogP contribution >= 0.6 is 0 Å². The smallest absolute Gasteiger partial charge is 0.244 e. The number of anilines is 1. The molecule has 0 spiro atoms. The molecule has 29 heavy (non-hydrogen) atoms. The summed E-state index contributed by atoms with van der Waals surface area (Å²) in [7, 11) is -3.74. The standard InChI is InChI=1S/C23H28N2O3S/c1-15-12-16(2)22(17(3)13-15)29(27,28)25-11-5-8-21(25)23(26)24-20-10-9-18-6-4-7-19(18)14-20/h9-10,12-14,21H,4-8,11H2,1-3H3,(H,24,26). The van der Waals surface area contributed by atoms with E-state index in [-0.39, 0.29) is 5.91 Å². The van der Waals surface area contributed by atoms with Crippen LogP contribution in [-0.2, 0) is 27.7 Å². The number of rotatable bonds is 4. The highest BCUT2D eigenvalue weighted by atomic mass is 32.2. The van der Waals surface area contributed by atoms with Gasteiger partial charge in [0.05, 0.1) is 4.90 Å². The van der Waals surface area contributed by atoms with Gasteiger partial charge in [0.15, 0.2) is 0 Å². The first kappa shape index (κ1) is 20.1. The Balaban J connectivity index is 1.59. The van der Waals surface area contributed by atoms with Crippen LogP contribution in [0.25, 0.3) is 0 Å². The van der Waals surface area contributed by atoms with Gasteiger partial charge in [0, 0.05) is 12.2 Å². The lowest BCUT2D eigenvalue weighted by Crippen LogP contribution is -2.43. The second kappa shape index (κ2) is 7.58. The minimum Gasteiger partial charge on any atom is -0.325 e. The number of fused-ring (bicyclic) bond motifs is 1. The molecular formula is C23H28N2O3S. The molecule has 2 aliphatic rings. The van der Waals surface area contributed by atoms with Gasteiger partial charge in [-0.2, -0.15) is 4.31 Å².